The van der Waals surface area contributed by atoms with E-state index in [0.29, 0.717) is 71.6 Å². The fourth-order valence-corrected chi connectivity index (χ4v) is 12.1. The third-order valence-electron chi connectivity index (χ3n) is 14.7. The minimum absolute atomic E-state index is 0.0672. The number of benzene rings is 1. The molecule has 4 fully saturated rings. The van der Waals surface area contributed by atoms with Crippen molar-refractivity contribution in [3.8, 4) is 11.5 Å². The second-order valence-corrected chi connectivity index (χ2v) is 23.0. The van der Waals surface area contributed by atoms with Gasteiger partial charge in [-0.2, -0.15) is 0 Å². The van der Waals surface area contributed by atoms with E-state index in [2.05, 4.69) is 21.7 Å². The minimum Gasteiger partial charge on any atom is -0.493 e. The van der Waals surface area contributed by atoms with Crippen LogP contribution in [0.15, 0.2) is 30.6 Å². The molecular weight excluding hydrogens is 1050 g/mol. The summed E-state index contributed by atoms with van der Waals surface area (Å²) in [6, 6.07) is 6.27. The largest absolute Gasteiger partial charge is 0.493 e. The number of aromatic nitrogens is 1. The number of pyridine rings is 1. The van der Waals surface area contributed by atoms with E-state index in [-0.39, 0.29) is 71.5 Å². The molecule has 4 aliphatic rings. The molecule has 2 aromatic rings. The zero-order valence-electron chi connectivity index (χ0n) is 48.9. The lowest BCUT2D eigenvalue weighted by Gasteiger charge is -2.38. The zero-order valence-corrected chi connectivity index (χ0v) is 51.3. The SMILES string of the molecule is CC.CC1CC(N(C)C)CC(=O)O1.CO.COC(=O)C(C)CCCC(C)CCC(=O)C(C)C1C(C)OC(=O)[C@H]1SCCN(Cc1c(Cl)cncc1Cl)c1ccc(OC)c(OC2CCCC2)c1.COC1(C)CC(C)OC(O)C1. The van der Waals surface area contributed by atoms with Crippen LogP contribution in [0.25, 0.3) is 0 Å². The van der Waals surface area contributed by atoms with Crippen LogP contribution in [0.3, 0.4) is 0 Å². The van der Waals surface area contributed by atoms with Crippen LogP contribution in [0.2, 0.25) is 10.0 Å². The number of ether oxygens (including phenoxy) is 7. The van der Waals surface area contributed by atoms with E-state index in [9.17, 15) is 24.3 Å². The summed E-state index contributed by atoms with van der Waals surface area (Å²) in [4.78, 5) is 57.7. The van der Waals surface area contributed by atoms with Crippen molar-refractivity contribution in [1.82, 2.24) is 9.88 Å². The molecule has 3 aliphatic heterocycles. The average molecular weight is 1150 g/mol. The van der Waals surface area contributed by atoms with E-state index >= 15 is 0 Å². The first-order chi connectivity index (χ1) is 36.6. The number of carbonyl (C=O) groups is 4. The van der Waals surface area contributed by atoms with Gasteiger partial charge in [-0.3, -0.25) is 24.2 Å². The van der Waals surface area contributed by atoms with E-state index in [1.165, 1.54) is 18.9 Å². The van der Waals surface area contributed by atoms with Crippen molar-refractivity contribution in [2.24, 2.45) is 23.7 Å². The van der Waals surface area contributed by atoms with Gasteiger partial charge in [0, 0.05) is 106 Å². The van der Waals surface area contributed by atoms with Gasteiger partial charge in [0.05, 0.1) is 54.4 Å². The molecule has 0 radical (unpaired) electrons. The number of methoxy groups -OCH3 is 3. The highest BCUT2D eigenvalue weighted by Crippen LogP contribution is 2.40. The summed E-state index contributed by atoms with van der Waals surface area (Å²) < 4.78 is 38.0. The van der Waals surface area contributed by atoms with Gasteiger partial charge in [-0.05, 0) is 98.4 Å². The number of rotatable bonds is 22. The highest BCUT2D eigenvalue weighted by atomic mass is 35.5. The van der Waals surface area contributed by atoms with Gasteiger partial charge in [-0.25, -0.2) is 0 Å². The molecular formula is C58H95Cl2N3O13S. The fourth-order valence-electron chi connectivity index (χ4n) is 10.1. The fraction of sp³-hybridized carbons (Fsp3) is 0.741. The van der Waals surface area contributed by atoms with E-state index in [0.717, 1.165) is 82.6 Å². The Kier molecular flexibility index (Phi) is 32.6. The number of halogens is 2. The van der Waals surface area contributed by atoms with E-state index in [1.807, 2.05) is 87.7 Å². The molecule has 0 amide bonds. The highest BCUT2D eigenvalue weighted by molar-refractivity contribution is 8.00. The summed E-state index contributed by atoms with van der Waals surface area (Å²) in [5.74, 6) is 1.27. The maximum absolute atomic E-state index is 13.5. The molecule has 0 spiro atoms. The molecule has 1 aromatic heterocycles. The average Bonchev–Trinajstić information content (AvgIpc) is 4.02. The van der Waals surface area contributed by atoms with Gasteiger partial charge in [-0.1, -0.05) is 70.7 Å². The first-order valence-electron chi connectivity index (χ1n) is 27.6. The molecule has 10 unspecified atom stereocenters. The molecule has 16 nitrogen and oxygen atoms in total. The molecule has 1 saturated carbocycles. The van der Waals surface area contributed by atoms with Crippen molar-refractivity contribution in [3.63, 3.8) is 0 Å². The van der Waals surface area contributed by atoms with Crippen molar-refractivity contribution in [3.05, 3.63) is 46.2 Å². The van der Waals surface area contributed by atoms with Crippen LogP contribution in [0.5, 0.6) is 11.5 Å². The van der Waals surface area contributed by atoms with Crippen LogP contribution < -0.4 is 14.4 Å². The number of Topliss-reactive ketones (excluding diaryl/α,β-unsaturated/α-hetero) is 1. The topological polar surface area (TPSA) is 193 Å². The molecule has 11 atom stereocenters. The normalized spacial score (nSPS) is 25.1. The summed E-state index contributed by atoms with van der Waals surface area (Å²) in [6.07, 6.45) is 13.6. The third kappa shape index (κ3) is 23.3. The van der Waals surface area contributed by atoms with Crippen molar-refractivity contribution >= 4 is 64.3 Å². The maximum atomic E-state index is 13.5. The van der Waals surface area contributed by atoms with Gasteiger partial charge >= 0.3 is 17.9 Å². The number of esters is 3. The van der Waals surface area contributed by atoms with Gasteiger partial charge in [0.1, 0.15) is 23.2 Å². The first-order valence-corrected chi connectivity index (χ1v) is 29.4. The lowest BCUT2D eigenvalue weighted by molar-refractivity contribution is -0.215. The molecule has 2 N–H and O–H groups in total. The number of hydrogen-bond acceptors (Lipinski definition) is 17. The Bertz CT molecular complexity index is 2040. The second-order valence-electron chi connectivity index (χ2n) is 20.9. The summed E-state index contributed by atoms with van der Waals surface area (Å²) in [6.45, 7) is 18.7. The van der Waals surface area contributed by atoms with Crippen molar-refractivity contribution in [2.45, 2.75) is 200 Å². The van der Waals surface area contributed by atoms with E-state index in [1.54, 1.807) is 26.6 Å². The molecule has 6 rings (SSSR count). The molecule has 0 bridgehead atoms. The van der Waals surface area contributed by atoms with E-state index < -0.39 is 11.5 Å². The van der Waals surface area contributed by atoms with Crippen LogP contribution in [0.4, 0.5) is 5.69 Å². The van der Waals surface area contributed by atoms with Crippen LogP contribution in [0, 0.1) is 23.7 Å². The maximum Gasteiger partial charge on any atom is 0.319 e. The predicted molar refractivity (Wildman–Crippen MR) is 307 cm³/mol. The predicted octanol–water partition coefficient (Wildman–Crippen LogP) is 11.2. The third-order valence-corrected chi connectivity index (χ3v) is 16.6. The number of hydrogen-bond donors (Lipinski definition) is 2. The first kappa shape index (κ1) is 69.7. The van der Waals surface area contributed by atoms with Gasteiger partial charge in [0.15, 0.2) is 17.8 Å². The molecule has 440 valence electrons. The number of thioether (sulfide) groups is 1. The molecule has 3 saturated heterocycles. The Labute approximate surface area is 475 Å². The van der Waals surface area contributed by atoms with Crippen LogP contribution in [0.1, 0.15) is 151 Å². The van der Waals surface area contributed by atoms with Crippen LogP contribution >= 0.6 is 35.0 Å². The summed E-state index contributed by atoms with van der Waals surface area (Å²) in [5.41, 5.74) is 1.45. The Hall–Kier alpha value is -3.42. The van der Waals surface area contributed by atoms with Crippen LogP contribution in [-0.2, 0) is 49.4 Å². The van der Waals surface area contributed by atoms with Gasteiger partial charge in [0.2, 0.25) is 0 Å². The Morgan fingerprint density at radius 2 is 1.57 bits per heavy atom. The van der Waals surface area contributed by atoms with Crippen molar-refractivity contribution < 1.29 is 62.5 Å². The Morgan fingerprint density at radius 3 is 2.14 bits per heavy atom. The van der Waals surface area contributed by atoms with Gasteiger partial charge < -0.3 is 53.2 Å². The minimum atomic E-state index is -0.663. The summed E-state index contributed by atoms with van der Waals surface area (Å²) >= 11 is 14.7. The second kappa shape index (κ2) is 36.0. The number of carbonyl (C=O) groups excluding carboxylic acids is 4. The number of cyclic esters (lactones) is 2. The molecule has 1 aliphatic carbocycles. The van der Waals surface area contributed by atoms with E-state index in [4.69, 9.17) is 61.5 Å². The number of anilines is 1. The molecule has 77 heavy (non-hydrogen) atoms. The van der Waals surface area contributed by atoms with Gasteiger partial charge in [0.25, 0.3) is 0 Å². The number of nitrogens with zero attached hydrogens (tertiary/aromatic N) is 3. The molecule has 1 aromatic carbocycles. The molecule has 19 heteroatoms. The number of aliphatic hydroxyl groups is 2. The lowest BCUT2D eigenvalue weighted by Crippen LogP contribution is -2.43. The monoisotopic (exact) mass is 1140 g/mol. The van der Waals surface area contributed by atoms with Gasteiger partial charge in [-0.15, -0.1) is 11.8 Å². The highest BCUT2D eigenvalue weighted by Gasteiger charge is 2.47. The summed E-state index contributed by atoms with van der Waals surface area (Å²) in [5, 5.41) is 16.7. The number of ketones is 1. The smallest absolute Gasteiger partial charge is 0.319 e. The van der Waals surface area contributed by atoms with Crippen molar-refractivity contribution in [2.75, 3.05) is 59.7 Å². The van der Waals surface area contributed by atoms with Crippen molar-refractivity contribution in [1.29, 1.82) is 0 Å². The quantitative estimate of drug-likeness (QED) is 0.0834. The Morgan fingerprint density at radius 1 is 0.922 bits per heavy atom. The standard InChI is InChI=1S/C39H54Cl2N2O7S.C8H15NO2.C8H16O3.C2H6.CH4O/c1-24(10-9-11-25(2)38(45)48-6)14-16-33(44)26(3)36-27(4)49-39(46)37(36)51-19-18-43(23-30-31(40)21-42-22-32(30)41)28-15-17-34(47-5)35(20-28)50-29-12-7-8-13-29;1-6-4-7(9(2)3)5-8(10)11-6;1-6-4-8(2,10-3)5-7(9)11-6;2*1-2/h15,17,20-22,24-27,29,36-37H,7-14,16,18-19,23H2,1-6H3;6-7H,4-5H2,1-3H3;6-7,9H,4-5H2,1-3H3;1-2H3;2H,1H3/t24?,25?,26?,27?,36?,37-;;;;/m0..../s1. The zero-order chi connectivity index (χ0) is 58.0. The Balaban J connectivity index is 0.000000634. The van der Waals surface area contributed by atoms with Crippen LogP contribution in [-0.4, -0.2) is 146 Å². The lowest BCUT2D eigenvalue weighted by atomic mass is 9.82. The summed E-state index contributed by atoms with van der Waals surface area (Å²) in [7, 11) is 9.72. The number of aliphatic hydroxyl groups excluding tert-OH is 2. The molecule has 4 heterocycles.